The highest BCUT2D eigenvalue weighted by molar-refractivity contribution is 5.91. The maximum Gasteiger partial charge on any atom is 0.341 e. The zero-order valence-electron chi connectivity index (χ0n) is 14.4. The molecule has 0 bridgehead atoms. The SMILES string of the molecule is CC(NC(=O)C1(c2ccccc2F)CC1)c1ccc(OCC(=O)O)cc1. The quantitative estimate of drug-likeness (QED) is 0.798. The van der Waals surface area contributed by atoms with Crippen LogP contribution in [0.2, 0.25) is 0 Å². The van der Waals surface area contributed by atoms with Gasteiger partial charge < -0.3 is 15.2 Å². The van der Waals surface area contributed by atoms with Crippen molar-refractivity contribution in [2.75, 3.05) is 6.61 Å². The van der Waals surface area contributed by atoms with Crippen molar-refractivity contribution in [3.63, 3.8) is 0 Å². The number of hydrogen-bond acceptors (Lipinski definition) is 3. The van der Waals surface area contributed by atoms with Crippen molar-refractivity contribution in [2.24, 2.45) is 0 Å². The number of benzene rings is 2. The van der Waals surface area contributed by atoms with Gasteiger partial charge in [-0.2, -0.15) is 0 Å². The number of ether oxygens (including phenoxy) is 1. The van der Waals surface area contributed by atoms with Crippen LogP contribution in [0.25, 0.3) is 0 Å². The van der Waals surface area contributed by atoms with Gasteiger partial charge in [-0.3, -0.25) is 4.79 Å². The molecule has 0 heterocycles. The highest BCUT2D eigenvalue weighted by Gasteiger charge is 2.52. The third-order valence-corrected chi connectivity index (χ3v) is 4.66. The van der Waals surface area contributed by atoms with E-state index in [0.717, 1.165) is 5.56 Å². The Morgan fingerprint density at radius 3 is 2.42 bits per heavy atom. The first kappa shape index (κ1) is 17.9. The summed E-state index contributed by atoms with van der Waals surface area (Å²) in [5, 5.41) is 11.6. The van der Waals surface area contributed by atoms with Gasteiger partial charge in [-0.1, -0.05) is 30.3 Å². The molecule has 1 aliphatic carbocycles. The lowest BCUT2D eigenvalue weighted by Crippen LogP contribution is -2.36. The molecule has 2 N–H and O–H groups in total. The number of halogens is 1. The van der Waals surface area contributed by atoms with Crippen molar-refractivity contribution in [1.82, 2.24) is 5.32 Å². The number of rotatable bonds is 7. The molecule has 6 heteroatoms. The first-order chi connectivity index (χ1) is 12.4. The summed E-state index contributed by atoms with van der Waals surface area (Å²) >= 11 is 0. The second-order valence-electron chi connectivity index (χ2n) is 6.51. The summed E-state index contributed by atoms with van der Waals surface area (Å²) in [6, 6.07) is 13.0. The molecule has 1 saturated carbocycles. The van der Waals surface area contributed by atoms with Crippen LogP contribution in [0.5, 0.6) is 5.75 Å². The van der Waals surface area contributed by atoms with Crippen LogP contribution in [0.15, 0.2) is 48.5 Å². The van der Waals surface area contributed by atoms with E-state index in [2.05, 4.69) is 5.32 Å². The van der Waals surface area contributed by atoms with Crippen molar-refractivity contribution in [3.05, 3.63) is 65.5 Å². The third-order valence-electron chi connectivity index (χ3n) is 4.66. The van der Waals surface area contributed by atoms with Gasteiger partial charge in [0, 0.05) is 5.56 Å². The number of carboxylic acid groups (broad SMARTS) is 1. The molecule has 0 aromatic heterocycles. The fourth-order valence-electron chi connectivity index (χ4n) is 3.01. The van der Waals surface area contributed by atoms with Crippen LogP contribution in [0.3, 0.4) is 0 Å². The van der Waals surface area contributed by atoms with Crippen molar-refractivity contribution < 1.29 is 23.8 Å². The fraction of sp³-hybridized carbons (Fsp3) is 0.300. The predicted molar refractivity (Wildman–Crippen MR) is 93.4 cm³/mol. The summed E-state index contributed by atoms with van der Waals surface area (Å²) in [5.41, 5.74) is 0.525. The van der Waals surface area contributed by atoms with Crippen LogP contribution in [-0.4, -0.2) is 23.6 Å². The summed E-state index contributed by atoms with van der Waals surface area (Å²) in [6.45, 7) is 1.44. The van der Waals surface area contributed by atoms with Gasteiger partial charge in [0.2, 0.25) is 5.91 Å². The molecule has 1 aliphatic rings. The van der Waals surface area contributed by atoms with Gasteiger partial charge >= 0.3 is 5.97 Å². The van der Waals surface area contributed by atoms with Gasteiger partial charge in [-0.05, 0) is 43.5 Å². The van der Waals surface area contributed by atoms with Crippen LogP contribution < -0.4 is 10.1 Å². The molecule has 0 saturated heterocycles. The van der Waals surface area contributed by atoms with Crippen LogP contribution in [0.4, 0.5) is 4.39 Å². The second kappa shape index (κ2) is 7.15. The van der Waals surface area contributed by atoms with E-state index >= 15 is 0 Å². The average Bonchev–Trinajstić information content (AvgIpc) is 3.42. The molecule has 3 rings (SSSR count). The Morgan fingerprint density at radius 2 is 1.85 bits per heavy atom. The van der Waals surface area contributed by atoms with E-state index in [4.69, 9.17) is 9.84 Å². The van der Waals surface area contributed by atoms with Crippen LogP contribution >= 0.6 is 0 Å². The number of amides is 1. The first-order valence-corrected chi connectivity index (χ1v) is 8.43. The fourth-order valence-corrected chi connectivity index (χ4v) is 3.01. The lowest BCUT2D eigenvalue weighted by Gasteiger charge is -2.21. The van der Waals surface area contributed by atoms with E-state index in [1.807, 2.05) is 6.92 Å². The topological polar surface area (TPSA) is 75.6 Å². The molecule has 26 heavy (non-hydrogen) atoms. The molecule has 136 valence electrons. The van der Waals surface area contributed by atoms with Gasteiger partial charge in [0.25, 0.3) is 0 Å². The minimum Gasteiger partial charge on any atom is -0.482 e. The third kappa shape index (κ3) is 3.69. The van der Waals surface area contributed by atoms with Gasteiger partial charge in [0.05, 0.1) is 11.5 Å². The molecule has 0 radical (unpaired) electrons. The van der Waals surface area contributed by atoms with Crippen molar-refractivity contribution >= 4 is 11.9 Å². The largest absolute Gasteiger partial charge is 0.482 e. The minimum absolute atomic E-state index is 0.179. The van der Waals surface area contributed by atoms with Crippen LogP contribution in [-0.2, 0) is 15.0 Å². The van der Waals surface area contributed by atoms with E-state index < -0.39 is 18.0 Å². The smallest absolute Gasteiger partial charge is 0.341 e. The number of hydrogen-bond donors (Lipinski definition) is 2. The average molecular weight is 357 g/mol. The summed E-state index contributed by atoms with van der Waals surface area (Å²) in [4.78, 5) is 23.3. The molecule has 5 nitrogen and oxygen atoms in total. The lowest BCUT2D eigenvalue weighted by atomic mass is 9.93. The molecular weight excluding hydrogens is 337 g/mol. The van der Waals surface area contributed by atoms with Gasteiger partial charge in [-0.15, -0.1) is 0 Å². The molecule has 1 unspecified atom stereocenters. The second-order valence-corrected chi connectivity index (χ2v) is 6.51. The van der Waals surface area contributed by atoms with Gasteiger partial charge in [0.1, 0.15) is 11.6 Å². The molecule has 1 atom stereocenters. The zero-order chi connectivity index (χ0) is 18.7. The molecule has 1 amide bonds. The number of carboxylic acids is 1. The number of aliphatic carboxylic acids is 1. The Hall–Kier alpha value is -2.89. The van der Waals surface area contributed by atoms with E-state index in [9.17, 15) is 14.0 Å². The molecule has 0 spiro atoms. The van der Waals surface area contributed by atoms with Crippen molar-refractivity contribution in [3.8, 4) is 5.75 Å². The van der Waals surface area contributed by atoms with Gasteiger partial charge in [0.15, 0.2) is 6.61 Å². The number of carbonyl (C=O) groups is 2. The minimum atomic E-state index is -1.04. The number of nitrogens with one attached hydrogen (secondary N) is 1. The highest BCUT2D eigenvalue weighted by Crippen LogP contribution is 2.49. The Morgan fingerprint density at radius 1 is 1.19 bits per heavy atom. The normalized spacial score (nSPS) is 15.8. The van der Waals surface area contributed by atoms with Crippen LogP contribution in [0, 0.1) is 5.82 Å². The number of carbonyl (C=O) groups excluding carboxylic acids is 1. The lowest BCUT2D eigenvalue weighted by molar-refractivity contribution is -0.139. The summed E-state index contributed by atoms with van der Waals surface area (Å²) in [7, 11) is 0. The Balaban J connectivity index is 1.66. The Bertz CT molecular complexity index is 815. The summed E-state index contributed by atoms with van der Waals surface area (Å²) in [5.74, 6) is -1.13. The monoisotopic (exact) mass is 357 g/mol. The molecule has 1 fully saturated rings. The zero-order valence-corrected chi connectivity index (χ0v) is 14.4. The van der Waals surface area contributed by atoms with E-state index in [1.54, 1.807) is 42.5 Å². The van der Waals surface area contributed by atoms with E-state index in [-0.39, 0.29) is 17.8 Å². The maximum absolute atomic E-state index is 14.1. The molecule has 0 aliphatic heterocycles. The Kier molecular flexibility index (Phi) is 4.93. The summed E-state index contributed by atoms with van der Waals surface area (Å²) < 4.78 is 19.2. The van der Waals surface area contributed by atoms with Crippen molar-refractivity contribution in [1.29, 1.82) is 0 Å². The molecule has 2 aromatic carbocycles. The molecule has 2 aromatic rings. The van der Waals surface area contributed by atoms with Gasteiger partial charge in [-0.25, -0.2) is 9.18 Å². The van der Waals surface area contributed by atoms with E-state index in [0.29, 0.717) is 24.2 Å². The van der Waals surface area contributed by atoms with E-state index in [1.165, 1.54) is 6.07 Å². The van der Waals surface area contributed by atoms with Crippen LogP contribution in [0.1, 0.15) is 36.9 Å². The standard InChI is InChI=1S/C20H20FNO4/c1-13(14-6-8-15(9-7-14)26-12-18(23)24)22-19(25)20(10-11-20)16-4-2-3-5-17(16)21/h2-9,13H,10-12H2,1H3,(H,22,25)(H,23,24). The summed E-state index contributed by atoms with van der Waals surface area (Å²) in [6.07, 6.45) is 1.27. The highest BCUT2D eigenvalue weighted by atomic mass is 19.1. The van der Waals surface area contributed by atoms with Crippen molar-refractivity contribution in [2.45, 2.75) is 31.2 Å². The first-order valence-electron chi connectivity index (χ1n) is 8.43. The predicted octanol–water partition coefficient (Wildman–Crippen LogP) is 3.20. The molecular formula is C20H20FNO4. The Labute approximate surface area is 150 Å². The maximum atomic E-state index is 14.1.